The Labute approximate surface area is 247 Å². The fourth-order valence-electron chi connectivity index (χ4n) is 4.99. The van der Waals surface area contributed by atoms with Crippen LogP contribution < -0.4 is 35.6 Å². The number of rotatable bonds is 12. The molecule has 3 aromatic rings. The lowest BCUT2D eigenvalue weighted by Crippen LogP contribution is -2.26. The maximum Gasteiger partial charge on any atom is 0.226 e. The number of anilines is 2. The van der Waals surface area contributed by atoms with Gasteiger partial charge in [-0.2, -0.15) is 0 Å². The third kappa shape index (κ3) is 6.97. The number of aromatic nitrogens is 2. The number of nitrogens with zero attached hydrogens (tertiary/aromatic N) is 2. The lowest BCUT2D eigenvalue weighted by molar-refractivity contribution is -0.119. The molecule has 1 atom stereocenters. The number of aryl methyl sites for hydroxylation is 1. The second-order valence-electron chi connectivity index (χ2n) is 9.61. The lowest BCUT2D eigenvalue weighted by Gasteiger charge is -2.19. The van der Waals surface area contributed by atoms with E-state index < -0.39 is 6.04 Å². The molecular formula is C29H35N5O7S. The van der Waals surface area contributed by atoms with Crippen LogP contribution in [0.3, 0.4) is 0 Å². The molecule has 12 nitrogen and oxygen atoms in total. The van der Waals surface area contributed by atoms with Gasteiger partial charge in [-0.15, -0.1) is 10.2 Å². The first-order valence-corrected chi connectivity index (χ1v) is 14.2. The van der Waals surface area contributed by atoms with Crippen LogP contribution in [0.5, 0.6) is 17.2 Å². The van der Waals surface area contributed by atoms with E-state index in [1.165, 1.54) is 18.3 Å². The van der Waals surface area contributed by atoms with Gasteiger partial charge in [0.15, 0.2) is 11.5 Å². The van der Waals surface area contributed by atoms with Crippen LogP contribution in [-0.2, 0) is 27.4 Å². The largest absolute Gasteiger partial charge is 0.493 e. The Morgan fingerprint density at radius 2 is 1.83 bits per heavy atom. The molecule has 0 aliphatic heterocycles. The summed E-state index contributed by atoms with van der Waals surface area (Å²) in [4.78, 5) is 37.9. The molecule has 4 rings (SSSR count). The second-order valence-corrected chi connectivity index (χ2v) is 10.7. The Kier molecular flexibility index (Phi) is 10.3. The minimum absolute atomic E-state index is 0.196. The van der Waals surface area contributed by atoms with Gasteiger partial charge in [0.05, 0.1) is 33.1 Å². The zero-order valence-corrected chi connectivity index (χ0v) is 25.1. The van der Waals surface area contributed by atoms with E-state index in [9.17, 15) is 14.4 Å². The van der Waals surface area contributed by atoms with E-state index in [2.05, 4.69) is 26.1 Å². The highest BCUT2D eigenvalue weighted by molar-refractivity contribution is 7.15. The van der Waals surface area contributed by atoms with Crippen molar-refractivity contribution in [3.63, 3.8) is 0 Å². The Bertz CT molecular complexity index is 1510. The van der Waals surface area contributed by atoms with Crippen LogP contribution in [-0.4, -0.2) is 57.0 Å². The summed E-state index contributed by atoms with van der Waals surface area (Å²) in [5.41, 5.74) is 3.28. The van der Waals surface area contributed by atoms with E-state index in [0.717, 1.165) is 16.7 Å². The number of methoxy groups -OCH3 is 4. The van der Waals surface area contributed by atoms with E-state index in [1.807, 2.05) is 12.1 Å². The van der Waals surface area contributed by atoms with Gasteiger partial charge in [-0.3, -0.25) is 14.4 Å². The molecule has 2 amide bonds. The van der Waals surface area contributed by atoms with Gasteiger partial charge in [0.1, 0.15) is 11.6 Å². The summed E-state index contributed by atoms with van der Waals surface area (Å²) in [5.74, 6) is 1.07. The number of hydrogen-bond donors (Lipinski definition) is 3. The molecule has 1 aliphatic carbocycles. The molecule has 0 unspecified atom stereocenters. The van der Waals surface area contributed by atoms with E-state index >= 15 is 0 Å². The Morgan fingerprint density at radius 3 is 2.52 bits per heavy atom. The molecule has 0 bridgehead atoms. The van der Waals surface area contributed by atoms with Crippen LogP contribution in [0, 0.1) is 0 Å². The van der Waals surface area contributed by atoms with Gasteiger partial charge in [0.2, 0.25) is 28.1 Å². The predicted molar refractivity (Wildman–Crippen MR) is 160 cm³/mol. The van der Waals surface area contributed by atoms with Crippen molar-refractivity contribution >= 4 is 34.0 Å². The zero-order valence-electron chi connectivity index (χ0n) is 24.3. The molecule has 0 saturated heterocycles. The molecule has 0 spiro atoms. The third-order valence-corrected chi connectivity index (χ3v) is 7.61. The van der Waals surface area contributed by atoms with Crippen molar-refractivity contribution in [3.8, 4) is 28.4 Å². The highest BCUT2D eigenvalue weighted by Gasteiger charge is 2.29. The van der Waals surface area contributed by atoms with Crippen molar-refractivity contribution in [2.75, 3.05) is 45.6 Å². The standard InChI is InChI=1S/C29H35N5O7S/c1-16(35)31-20-10-8-17-13-23(39-3)27(40-4)28(41-5)26(17)18-9-11-21(22(36)14-19(18)20)30-12-6-7-24(37)32-29-34-33-25(42-29)15-38-2/h9,11,13-14,20H,6-8,10,12,15H2,1-5H3,(H,30,36)(H,31,35)(H,32,34,37)/t20-/m0/s1. The number of amides is 2. The number of benzene rings is 1. The Balaban J connectivity index is 1.59. The molecule has 13 heteroatoms. The second kappa shape index (κ2) is 14.1. The SMILES string of the molecule is COCc1nnc(NC(=O)CCCNc2ccc3c(cc2=O)[C@@H](NC(C)=O)CCc2cc(OC)c(OC)c(OC)c2-3)s1. The molecule has 0 radical (unpaired) electrons. The third-order valence-electron chi connectivity index (χ3n) is 6.79. The van der Waals surface area contributed by atoms with Gasteiger partial charge in [0, 0.05) is 32.6 Å². The number of ether oxygens (including phenoxy) is 4. The van der Waals surface area contributed by atoms with Gasteiger partial charge in [-0.25, -0.2) is 0 Å². The molecule has 42 heavy (non-hydrogen) atoms. The number of hydrogen-bond acceptors (Lipinski definition) is 11. The number of fused-ring (bicyclic) bond motifs is 3. The first-order valence-electron chi connectivity index (χ1n) is 13.4. The highest BCUT2D eigenvalue weighted by atomic mass is 32.1. The Morgan fingerprint density at radius 1 is 1.05 bits per heavy atom. The van der Waals surface area contributed by atoms with Crippen LogP contribution in [0.25, 0.3) is 11.1 Å². The van der Waals surface area contributed by atoms with Gasteiger partial charge in [0.25, 0.3) is 0 Å². The monoisotopic (exact) mass is 597 g/mol. The average Bonchev–Trinajstić information content (AvgIpc) is 3.27. The summed E-state index contributed by atoms with van der Waals surface area (Å²) in [6, 6.07) is 6.64. The van der Waals surface area contributed by atoms with Gasteiger partial charge in [-0.05, 0) is 54.2 Å². The van der Waals surface area contributed by atoms with Crippen molar-refractivity contribution in [2.45, 2.75) is 45.3 Å². The molecule has 224 valence electrons. The Hall–Kier alpha value is -4.23. The lowest BCUT2D eigenvalue weighted by atomic mass is 9.95. The van der Waals surface area contributed by atoms with Crippen molar-refractivity contribution in [2.24, 2.45) is 0 Å². The van der Waals surface area contributed by atoms with Gasteiger partial charge >= 0.3 is 0 Å². The molecule has 1 heterocycles. The van der Waals surface area contributed by atoms with Crippen LogP contribution in [0.1, 0.15) is 48.4 Å². The van der Waals surface area contributed by atoms with E-state index in [0.29, 0.717) is 71.1 Å². The average molecular weight is 598 g/mol. The van der Waals surface area contributed by atoms with Crippen LogP contribution >= 0.6 is 11.3 Å². The molecule has 1 aliphatic rings. The first kappa shape index (κ1) is 30.7. The fraction of sp³-hybridized carbons (Fsp3) is 0.414. The molecule has 3 N–H and O–H groups in total. The van der Waals surface area contributed by atoms with Crippen molar-refractivity contribution < 1.29 is 28.5 Å². The summed E-state index contributed by atoms with van der Waals surface area (Å²) < 4.78 is 22.0. The summed E-state index contributed by atoms with van der Waals surface area (Å²) in [6.45, 7) is 2.18. The van der Waals surface area contributed by atoms with E-state index in [4.69, 9.17) is 18.9 Å². The number of carbonyl (C=O) groups is 2. The zero-order chi connectivity index (χ0) is 30.2. The fourth-order valence-corrected chi connectivity index (χ4v) is 5.72. The van der Waals surface area contributed by atoms with Crippen molar-refractivity contribution in [3.05, 3.63) is 50.6 Å². The minimum atomic E-state index is -0.395. The topological polar surface area (TPSA) is 150 Å². The molecule has 0 saturated carbocycles. The summed E-state index contributed by atoms with van der Waals surface area (Å²) in [6.07, 6.45) is 1.89. The van der Waals surface area contributed by atoms with Crippen LogP contribution in [0.15, 0.2) is 29.1 Å². The van der Waals surface area contributed by atoms with Crippen LogP contribution in [0.2, 0.25) is 0 Å². The highest BCUT2D eigenvalue weighted by Crippen LogP contribution is 2.50. The van der Waals surface area contributed by atoms with E-state index in [1.54, 1.807) is 40.6 Å². The van der Waals surface area contributed by atoms with Gasteiger partial charge < -0.3 is 34.9 Å². The smallest absolute Gasteiger partial charge is 0.226 e. The maximum atomic E-state index is 13.4. The van der Waals surface area contributed by atoms with E-state index in [-0.39, 0.29) is 23.7 Å². The van der Waals surface area contributed by atoms with Crippen molar-refractivity contribution in [1.29, 1.82) is 0 Å². The normalized spacial score (nSPS) is 13.7. The van der Waals surface area contributed by atoms with Crippen LogP contribution in [0.4, 0.5) is 10.8 Å². The molecule has 1 aromatic heterocycles. The van der Waals surface area contributed by atoms with Crippen molar-refractivity contribution in [1.82, 2.24) is 15.5 Å². The van der Waals surface area contributed by atoms with Gasteiger partial charge in [-0.1, -0.05) is 17.4 Å². The quantitative estimate of drug-likeness (QED) is 0.264. The first-order chi connectivity index (χ1) is 20.3. The summed E-state index contributed by atoms with van der Waals surface area (Å²) in [5, 5.41) is 17.9. The molecular weight excluding hydrogens is 562 g/mol. The summed E-state index contributed by atoms with van der Waals surface area (Å²) >= 11 is 1.26. The number of nitrogens with one attached hydrogen (secondary N) is 3. The number of carbonyl (C=O) groups excluding carboxylic acids is 2. The molecule has 0 fully saturated rings. The molecule has 2 aromatic carbocycles. The minimum Gasteiger partial charge on any atom is -0.493 e. The predicted octanol–water partition coefficient (Wildman–Crippen LogP) is 3.69. The summed E-state index contributed by atoms with van der Waals surface area (Å²) in [7, 11) is 6.23. The maximum absolute atomic E-state index is 13.4.